The molecule has 0 amide bonds. The summed E-state index contributed by atoms with van der Waals surface area (Å²) in [7, 11) is 0. The lowest BCUT2D eigenvalue weighted by atomic mass is 10.1. The maximum atomic E-state index is 10.2. The van der Waals surface area contributed by atoms with Crippen LogP contribution in [0.3, 0.4) is 0 Å². The lowest BCUT2D eigenvalue weighted by Gasteiger charge is -2.31. The first kappa shape index (κ1) is 13.6. The molecule has 1 aromatic rings. The molecule has 4 nitrogen and oxygen atoms in total. The van der Waals surface area contributed by atoms with E-state index in [1.54, 1.807) is 11.2 Å². The van der Waals surface area contributed by atoms with Crippen LogP contribution in [-0.4, -0.2) is 28.4 Å². The van der Waals surface area contributed by atoms with Crippen molar-refractivity contribution in [2.45, 2.75) is 19.9 Å². The Bertz CT molecular complexity index is 673. The quantitative estimate of drug-likeness (QED) is 0.865. The number of rotatable bonds is 3. The van der Waals surface area contributed by atoms with Crippen molar-refractivity contribution in [3.8, 4) is 5.75 Å². The zero-order chi connectivity index (χ0) is 15.0. The smallest absolute Gasteiger partial charge is 0.142 e. The minimum absolute atomic E-state index is 0.0895. The van der Waals surface area contributed by atoms with Gasteiger partial charge in [-0.15, -0.1) is 0 Å². The normalized spacial score (nSPS) is 20.6. The van der Waals surface area contributed by atoms with Crippen LogP contribution < -0.4 is 5.12 Å². The summed E-state index contributed by atoms with van der Waals surface area (Å²) in [5, 5.41) is 18.7. The van der Waals surface area contributed by atoms with Gasteiger partial charge >= 0.3 is 0 Å². The number of aromatic hydroxyl groups is 1. The third kappa shape index (κ3) is 2.50. The summed E-state index contributed by atoms with van der Waals surface area (Å²) in [6.07, 6.45) is 8.11. The molecular weight excluding hydrogens is 262 g/mol. The molecule has 0 saturated carbocycles. The van der Waals surface area contributed by atoms with Crippen molar-refractivity contribution in [3.05, 3.63) is 60.2 Å². The van der Waals surface area contributed by atoms with Crippen molar-refractivity contribution in [3.63, 3.8) is 0 Å². The number of phenolic OH excluding ortho intramolecular Hbond substituents is 1. The molecule has 0 aromatic heterocycles. The number of fused-ring (bicyclic) bond motifs is 1. The molecular formula is C17H19N3O. The molecule has 0 bridgehead atoms. The first-order chi connectivity index (χ1) is 10.1. The molecule has 0 radical (unpaired) electrons. The van der Waals surface area contributed by atoms with E-state index in [0.717, 1.165) is 16.8 Å². The van der Waals surface area contributed by atoms with Crippen LogP contribution in [0.25, 0.3) is 0 Å². The number of hydrazone groups is 1. The minimum atomic E-state index is 0.0895. The molecule has 1 aliphatic carbocycles. The van der Waals surface area contributed by atoms with E-state index in [-0.39, 0.29) is 11.8 Å². The standard InChI is InChI=1S/C17H19N3O/c1-12(2)11-19-15-7-5-4-6-14(15)18-20(19)16-10-13(3)8-9-17(16)21/h4-10,15,21H,1,11H2,2-3H3. The van der Waals surface area contributed by atoms with E-state index < -0.39 is 0 Å². The number of hydrogen-bond acceptors (Lipinski definition) is 4. The van der Waals surface area contributed by atoms with Gasteiger partial charge in [-0.1, -0.05) is 36.4 Å². The van der Waals surface area contributed by atoms with Crippen molar-refractivity contribution in [2.24, 2.45) is 5.10 Å². The van der Waals surface area contributed by atoms with Gasteiger partial charge in [0, 0.05) is 6.54 Å². The monoisotopic (exact) mass is 281 g/mol. The average Bonchev–Trinajstić information content (AvgIpc) is 2.80. The van der Waals surface area contributed by atoms with E-state index in [4.69, 9.17) is 0 Å². The number of phenols is 1. The van der Waals surface area contributed by atoms with E-state index >= 15 is 0 Å². The Morgan fingerprint density at radius 2 is 2.19 bits per heavy atom. The molecule has 1 unspecified atom stereocenters. The molecule has 0 saturated heterocycles. The molecule has 3 rings (SSSR count). The van der Waals surface area contributed by atoms with Gasteiger partial charge in [0.1, 0.15) is 11.4 Å². The number of allylic oxidation sites excluding steroid dienone is 2. The van der Waals surface area contributed by atoms with E-state index in [9.17, 15) is 5.11 Å². The third-order valence-corrected chi connectivity index (χ3v) is 3.53. The van der Waals surface area contributed by atoms with E-state index in [2.05, 4.69) is 22.8 Å². The lowest BCUT2D eigenvalue weighted by Crippen LogP contribution is -2.43. The highest BCUT2D eigenvalue weighted by atomic mass is 16.3. The van der Waals surface area contributed by atoms with Gasteiger partial charge in [0.15, 0.2) is 0 Å². The second-order valence-electron chi connectivity index (χ2n) is 5.55. The third-order valence-electron chi connectivity index (χ3n) is 3.53. The highest BCUT2D eigenvalue weighted by Crippen LogP contribution is 2.34. The largest absolute Gasteiger partial charge is 0.506 e. The molecule has 4 heteroatoms. The van der Waals surface area contributed by atoms with Gasteiger partial charge < -0.3 is 5.11 Å². The number of nitrogens with zero attached hydrogens (tertiary/aromatic N) is 3. The second kappa shape index (κ2) is 5.22. The predicted octanol–water partition coefficient (Wildman–Crippen LogP) is 3.16. The van der Waals surface area contributed by atoms with Crippen LogP contribution in [-0.2, 0) is 0 Å². The summed E-state index contributed by atoms with van der Waals surface area (Å²) in [5.41, 5.74) is 3.80. The number of anilines is 1. The first-order valence-electron chi connectivity index (χ1n) is 7.00. The van der Waals surface area contributed by atoms with Crippen LogP contribution in [0.5, 0.6) is 5.75 Å². The predicted molar refractivity (Wildman–Crippen MR) is 86.3 cm³/mol. The van der Waals surface area contributed by atoms with Crippen molar-refractivity contribution in [2.75, 3.05) is 11.7 Å². The summed E-state index contributed by atoms with van der Waals surface area (Å²) >= 11 is 0. The van der Waals surface area contributed by atoms with Gasteiger partial charge in [-0.3, -0.25) is 0 Å². The topological polar surface area (TPSA) is 39.1 Å². The highest BCUT2D eigenvalue weighted by molar-refractivity contribution is 6.04. The van der Waals surface area contributed by atoms with Gasteiger partial charge in [-0.2, -0.15) is 15.2 Å². The maximum absolute atomic E-state index is 10.2. The van der Waals surface area contributed by atoms with Crippen molar-refractivity contribution < 1.29 is 5.11 Å². The van der Waals surface area contributed by atoms with E-state index in [1.807, 2.05) is 44.2 Å². The van der Waals surface area contributed by atoms with Gasteiger partial charge in [-0.25, -0.2) is 0 Å². The molecule has 108 valence electrons. The molecule has 1 heterocycles. The molecule has 1 aromatic carbocycles. The van der Waals surface area contributed by atoms with Crippen LogP contribution in [0, 0.1) is 6.92 Å². The summed E-state index contributed by atoms with van der Waals surface area (Å²) in [4.78, 5) is 0. The Labute approximate surface area is 125 Å². The fourth-order valence-electron chi connectivity index (χ4n) is 2.58. The molecule has 1 aliphatic heterocycles. The van der Waals surface area contributed by atoms with Gasteiger partial charge in [0.05, 0.1) is 11.8 Å². The molecule has 0 spiro atoms. The van der Waals surface area contributed by atoms with Gasteiger partial charge in [-0.05, 0) is 37.6 Å². The Morgan fingerprint density at radius 1 is 1.38 bits per heavy atom. The minimum Gasteiger partial charge on any atom is -0.506 e. The van der Waals surface area contributed by atoms with Crippen LogP contribution in [0.15, 0.2) is 59.8 Å². The lowest BCUT2D eigenvalue weighted by molar-refractivity contribution is 0.289. The van der Waals surface area contributed by atoms with E-state index in [0.29, 0.717) is 12.2 Å². The van der Waals surface area contributed by atoms with Crippen LogP contribution >= 0.6 is 0 Å². The maximum Gasteiger partial charge on any atom is 0.142 e. The highest BCUT2D eigenvalue weighted by Gasteiger charge is 2.34. The Kier molecular flexibility index (Phi) is 3.39. The molecule has 1 atom stereocenters. The molecule has 2 aliphatic rings. The number of hydrogen-bond donors (Lipinski definition) is 1. The SMILES string of the molecule is C=C(C)CN1C2C=CC=CC2=NN1c1cc(C)ccc1O. The van der Waals surface area contributed by atoms with Gasteiger partial charge in [0.25, 0.3) is 0 Å². The summed E-state index contributed by atoms with van der Waals surface area (Å²) in [6.45, 7) is 8.68. The second-order valence-corrected chi connectivity index (χ2v) is 5.55. The van der Waals surface area contributed by atoms with Crippen LogP contribution in [0.2, 0.25) is 0 Å². The van der Waals surface area contributed by atoms with Crippen molar-refractivity contribution >= 4 is 11.4 Å². The fourth-order valence-corrected chi connectivity index (χ4v) is 2.58. The van der Waals surface area contributed by atoms with Crippen molar-refractivity contribution in [1.82, 2.24) is 5.01 Å². The van der Waals surface area contributed by atoms with Crippen LogP contribution in [0.4, 0.5) is 5.69 Å². The van der Waals surface area contributed by atoms with Gasteiger partial charge in [0.2, 0.25) is 0 Å². The number of aryl methyl sites for hydroxylation is 1. The van der Waals surface area contributed by atoms with E-state index in [1.165, 1.54) is 0 Å². The Balaban J connectivity index is 2.04. The first-order valence-corrected chi connectivity index (χ1v) is 7.00. The molecule has 1 N–H and O–H groups in total. The molecule has 0 fully saturated rings. The number of hydrazine groups is 1. The fraction of sp³-hybridized carbons (Fsp3) is 0.235. The summed E-state index contributed by atoms with van der Waals surface area (Å²) < 4.78 is 0. The average molecular weight is 281 g/mol. The summed E-state index contributed by atoms with van der Waals surface area (Å²) in [6, 6.07) is 5.62. The summed E-state index contributed by atoms with van der Waals surface area (Å²) in [5.74, 6) is 0.225. The Morgan fingerprint density at radius 3 is 2.95 bits per heavy atom. The zero-order valence-electron chi connectivity index (χ0n) is 12.3. The zero-order valence-corrected chi connectivity index (χ0v) is 12.3. The van der Waals surface area contributed by atoms with Crippen LogP contribution in [0.1, 0.15) is 12.5 Å². The number of benzene rings is 1. The van der Waals surface area contributed by atoms with Crippen molar-refractivity contribution in [1.29, 1.82) is 0 Å². The molecule has 21 heavy (non-hydrogen) atoms. The Hall–Kier alpha value is -2.33.